The van der Waals surface area contributed by atoms with Crippen molar-refractivity contribution < 1.29 is 19.4 Å². The summed E-state index contributed by atoms with van der Waals surface area (Å²) in [5.74, 6) is -1.45. The van der Waals surface area contributed by atoms with Crippen molar-refractivity contribution in [2.45, 2.75) is 37.8 Å². The third kappa shape index (κ3) is 3.98. The van der Waals surface area contributed by atoms with Crippen molar-refractivity contribution in [3.63, 3.8) is 0 Å². The molecule has 98 valence electrons. The summed E-state index contributed by atoms with van der Waals surface area (Å²) in [7, 11) is 1.30. The van der Waals surface area contributed by atoms with Gasteiger partial charge in [0.05, 0.1) is 12.5 Å². The first-order chi connectivity index (χ1) is 8.06. The van der Waals surface area contributed by atoms with Gasteiger partial charge in [0.2, 0.25) is 5.91 Å². The molecule has 0 bridgehead atoms. The fourth-order valence-electron chi connectivity index (χ4n) is 2.08. The molecule has 0 radical (unpaired) electrons. The molecule has 1 aliphatic rings. The van der Waals surface area contributed by atoms with Gasteiger partial charge in [-0.1, -0.05) is 12.8 Å². The van der Waals surface area contributed by atoms with E-state index in [1.165, 1.54) is 7.11 Å². The molecule has 0 aromatic heterocycles. The Morgan fingerprint density at radius 2 is 2.12 bits per heavy atom. The molecule has 1 rings (SSSR count). The van der Waals surface area contributed by atoms with Crippen LogP contribution in [0.2, 0.25) is 0 Å². The highest BCUT2D eigenvalue weighted by Crippen LogP contribution is 2.22. The predicted molar refractivity (Wildman–Crippen MR) is 61.4 cm³/mol. The second kappa shape index (κ2) is 6.56. The summed E-state index contributed by atoms with van der Waals surface area (Å²) in [6.07, 6.45) is 2.68. The number of rotatable bonds is 5. The minimum atomic E-state index is -1.08. The second-order valence-corrected chi connectivity index (χ2v) is 4.36. The van der Waals surface area contributed by atoms with E-state index in [0.29, 0.717) is 0 Å². The van der Waals surface area contributed by atoms with Crippen LogP contribution in [-0.4, -0.2) is 42.8 Å². The SMILES string of the molecule is COC(CNC(=O)C1CCCCC1N)C(=O)O. The smallest absolute Gasteiger partial charge is 0.334 e. The van der Waals surface area contributed by atoms with Crippen molar-refractivity contribution in [2.75, 3.05) is 13.7 Å². The van der Waals surface area contributed by atoms with Crippen molar-refractivity contribution in [3.05, 3.63) is 0 Å². The topological polar surface area (TPSA) is 102 Å². The zero-order valence-electron chi connectivity index (χ0n) is 10.0. The van der Waals surface area contributed by atoms with E-state index in [1.54, 1.807) is 0 Å². The molecule has 0 spiro atoms. The highest BCUT2D eigenvalue weighted by Gasteiger charge is 2.29. The number of nitrogens with one attached hydrogen (secondary N) is 1. The van der Waals surface area contributed by atoms with Crippen LogP contribution in [0.1, 0.15) is 25.7 Å². The quantitative estimate of drug-likeness (QED) is 0.617. The number of ether oxygens (including phenoxy) is 1. The molecule has 6 nitrogen and oxygen atoms in total. The van der Waals surface area contributed by atoms with Crippen molar-refractivity contribution in [2.24, 2.45) is 11.7 Å². The van der Waals surface area contributed by atoms with Gasteiger partial charge in [-0.3, -0.25) is 4.79 Å². The molecule has 3 unspecified atom stereocenters. The molecule has 0 heterocycles. The van der Waals surface area contributed by atoms with E-state index < -0.39 is 12.1 Å². The van der Waals surface area contributed by atoms with Crippen LogP contribution in [0.15, 0.2) is 0 Å². The van der Waals surface area contributed by atoms with Crippen molar-refractivity contribution in [3.8, 4) is 0 Å². The van der Waals surface area contributed by atoms with Crippen molar-refractivity contribution in [1.29, 1.82) is 0 Å². The lowest BCUT2D eigenvalue weighted by molar-refractivity contribution is -0.148. The molecule has 3 atom stereocenters. The van der Waals surface area contributed by atoms with Crippen LogP contribution in [-0.2, 0) is 14.3 Å². The molecule has 0 aromatic carbocycles. The van der Waals surface area contributed by atoms with E-state index >= 15 is 0 Å². The molecular formula is C11H20N2O4. The number of carboxylic acid groups (broad SMARTS) is 1. The van der Waals surface area contributed by atoms with E-state index in [4.69, 9.17) is 15.6 Å². The number of carbonyl (C=O) groups excluding carboxylic acids is 1. The molecular weight excluding hydrogens is 224 g/mol. The zero-order chi connectivity index (χ0) is 12.8. The van der Waals surface area contributed by atoms with Crippen molar-refractivity contribution in [1.82, 2.24) is 5.32 Å². The Morgan fingerprint density at radius 1 is 1.47 bits per heavy atom. The fourth-order valence-corrected chi connectivity index (χ4v) is 2.08. The number of amides is 1. The summed E-state index contributed by atoms with van der Waals surface area (Å²) in [5.41, 5.74) is 5.87. The van der Waals surface area contributed by atoms with E-state index in [2.05, 4.69) is 5.32 Å². The van der Waals surface area contributed by atoms with Gasteiger partial charge in [-0.05, 0) is 12.8 Å². The number of carboxylic acids is 1. The van der Waals surface area contributed by atoms with Gasteiger partial charge in [-0.15, -0.1) is 0 Å². The van der Waals surface area contributed by atoms with Crippen molar-refractivity contribution >= 4 is 11.9 Å². The second-order valence-electron chi connectivity index (χ2n) is 4.36. The van der Waals surface area contributed by atoms with Crippen LogP contribution < -0.4 is 11.1 Å². The van der Waals surface area contributed by atoms with Gasteiger partial charge in [-0.25, -0.2) is 4.79 Å². The molecule has 17 heavy (non-hydrogen) atoms. The van der Waals surface area contributed by atoms with E-state index in [9.17, 15) is 9.59 Å². The number of nitrogens with two attached hydrogens (primary N) is 1. The Kier molecular flexibility index (Phi) is 5.37. The lowest BCUT2D eigenvalue weighted by Gasteiger charge is -2.27. The fraction of sp³-hybridized carbons (Fsp3) is 0.818. The summed E-state index contributed by atoms with van der Waals surface area (Å²) < 4.78 is 4.73. The Hall–Kier alpha value is -1.14. The molecule has 1 fully saturated rings. The maximum Gasteiger partial charge on any atom is 0.334 e. The van der Waals surface area contributed by atoms with Crippen LogP contribution in [0.3, 0.4) is 0 Å². The molecule has 0 aliphatic heterocycles. The molecule has 1 aliphatic carbocycles. The van der Waals surface area contributed by atoms with Crippen LogP contribution in [0, 0.1) is 5.92 Å². The highest BCUT2D eigenvalue weighted by molar-refractivity contribution is 5.80. The first kappa shape index (κ1) is 13.9. The summed E-state index contributed by atoms with van der Waals surface area (Å²) in [4.78, 5) is 22.5. The molecule has 1 saturated carbocycles. The van der Waals surface area contributed by atoms with Gasteiger partial charge in [0.15, 0.2) is 6.10 Å². The monoisotopic (exact) mass is 244 g/mol. The minimum absolute atomic E-state index is 0.0200. The average molecular weight is 244 g/mol. The summed E-state index contributed by atoms with van der Waals surface area (Å²) in [6, 6.07) is -0.116. The number of carbonyl (C=O) groups is 2. The standard InChI is InChI=1S/C11H20N2O4/c1-17-9(11(15)16)6-13-10(14)7-4-2-3-5-8(7)12/h7-9H,2-6,12H2,1H3,(H,13,14)(H,15,16). The maximum absolute atomic E-state index is 11.8. The van der Waals surface area contributed by atoms with Gasteiger partial charge in [0.1, 0.15) is 0 Å². The molecule has 1 amide bonds. The van der Waals surface area contributed by atoms with Gasteiger partial charge in [0, 0.05) is 13.2 Å². The van der Waals surface area contributed by atoms with Crippen LogP contribution in [0.4, 0.5) is 0 Å². The zero-order valence-corrected chi connectivity index (χ0v) is 10.0. The average Bonchev–Trinajstić information content (AvgIpc) is 2.29. The molecule has 6 heteroatoms. The first-order valence-corrected chi connectivity index (χ1v) is 5.85. The van der Waals surface area contributed by atoms with E-state index in [-0.39, 0.29) is 24.4 Å². The Morgan fingerprint density at radius 3 is 2.65 bits per heavy atom. The predicted octanol–water partition coefficient (Wildman–Crippen LogP) is -0.280. The normalized spacial score (nSPS) is 26.2. The third-order valence-corrected chi connectivity index (χ3v) is 3.18. The Balaban J connectivity index is 2.40. The maximum atomic E-state index is 11.8. The first-order valence-electron chi connectivity index (χ1n) is 5.85. The number of hydrogen-bond donors (Lipinski definition) is 3. The van der Waals surface area contributed by atoms with Gasteiger partial charge >= 0.3 is 5.97 Å². The summed E-state index contributed by atoms with van der Waals surface area (Å²) >= 11 is 0. The van der Waals surface area contributed by atoms with Crippen LogP contribution in [0.25, 0.3) is 0 Å². The Labute approximate surface area is 101 Å². The molecule has 0 saturated heterocycles. The largest absolute Gasteiger partial charge is 0.479 e. The molecule has 0 aromatic rings. The molecule has 4 N–H and O–H groups in total. The number of hydrogen-bond acceptors (Lipinski definition) is 4. The minimum Gasteiger partial charge on any atom is -0.479 e. The highest BCUT2D eigenvalue weighted by atomic mass is 16.5. The van der Waals surface area contributed by atoms with E-state index in [1.807, 2.05) is 0 Å². The van der Waals surface area contributed by atoms with Crippen LogP contribution >= 0.6 is 0 Å². The van der Waals surface area contributed by atoms with Gasteiger partial charge in [0.25, 0.3) is 0 Å². The van der Waals surface area contributed by atoms with Gasteiger partial charge in [-0.2, -0.15) is 0 Å². The Bertz CT molecular complexity index is 283. The third-order valence-electron chi connectivity index (χ3n) is 3.18. The summed E-state index contributed by atoms with van der Waals surface area (Å²) in [6.45, 7) is -0.0200. The van der Waals surface area contributed by atoms with E-state index in [0.717, 1.165) is 25.7 Å². The number of aliphatic carboxylic acids is 1. The van der Waals surface area contributed by atoms with Gasteiger partial charge < -0.3 is 20.9 Å². The lowest BCUT2D eigenvalue weighted by Crippen LogP contribution is -2.46. The van der Waals surface area contributed by atoms with Crippen LogP contribution in [0.5, 0.6) is 0 Å². The summed E-state index contributed by atoms with van der Waals surface area (Å²) in [5, 5.41) is 11.3. The lowest BCUT2D eigenvalue weighted by atomic mass is 9.84. The number of methoxy groups -OCH3 is 1.